The average Bonchev–Trinajstić information content (AvgIpc) is 2.89. The van der Waals surface area contributed by atoms with Crippen molar-refractivity contribution in [2.24, 2.45) is 0 Å². The summed E-state index contributed by atoms with van der Waals surface area (Å²) >= 11 is 6.08. The van der Waals surface area contributed by atoms with Gasteiger partial charge in [-0.1, -0.05) is 55.5 Å². The van der Waals surface area contributed by atoms with Gasteiger partial charge in [-0.05, 0) is 62.4 Å². The monoisotopic (exact) mass is 512 g/mol. The van der Waals surface area contributed by atoms with Gasteiger partial charge in [0.2, 0.25) is 0 Å². The van der Waals surface area contributed by atoms with Crippen molar-refractivity contribution in [2.75, 3.05) is 26.7 Å². The van der Waals surface area contributed by atoms with Gasteiger partial charge in [0.05, 0.1) is 11.6 Å². The first-order chi connectivity index (χ1) is 17.5. The molecular weight excluding hydrogens is 476 g/mol. The summed E-state index contributed by atoms with van der Waals surface area (Å²) in [5, 5.41) is 0.578. The van der Waals surface area contributed by atoms with Crippen LogP contribution in [0, 0.1) is 0 Å². The molecule has 6 nitrogen and oxygen atoms in total. The Labute approximate surface area is 219 Å². The molecule has 2 aliphatic rings. The summed E-state index contributed by atoms with van der Waals surface area (Å²) in [4.78, 5) is 30.5. The third-order valence-corrected chi connectivity index (χ3v) is 7.42. The van der Waals surface area contributed by atoms with Crippen LogP contribution in [-0.2, 0) is 4.79 Å². The van der Waals surface area contributed by atoms with Crippen LogP contribution in [0.4, 0.5) is 0 Å². The van der Waals surface area contributed by atoms with Crippen molar-refractivity contribution < 1.29 is 19.1 Å². The van der Waals surface area contributed by atoms with Crippen LogP contribution in [0.3, 0.4) is 0 Å². The number of carbonyl (C=O) groups excluding carboxylic acids is 2. The van der Waals surface area contributed by atoms with Gasteiger partial charge >= 0.3 is 0 Å². The lowest BCUT2D eigenvalue weighted by atomic mass is 9.90. The second-order valence-corrected chi connectivity index (χ2v) is 10.3. The molecular formula is C29H37ClN2O4. The van der Waals surface area contributed by atoms with E-state index in [0.717, 1.165) is 64.3 Å². The van der Waals surface area contributed by atoms with E-state index in [0.29, 0.717) is 28.6 Å². The summed E-state index contributed by atoms with van der Waals surface area (Å²) in [7, 11) is 1.86. The van der Waals surface area contributed by atoms with Gasteiger partial charge in [-0.15, -0.1) is 0 Å². The zero-order chi connectivity index (χ0) is 25.3. The fraction of sp³-hybridized carbons (Fsp3) is 0.517. The van der Waals surface area contributed by atoms with Crippen LogP contribution < -0.4 is 9.47 Å². The Balaban J connectivity index is 1.57. The second-order valence-electron chi connectivity index (χ2n) is 9.83. The molecule has 4 rings (SSSR count). The minimum Gasteiger partial charge on any atom is -0.487 e. The molecule has 0 radical (unpaired) electrons. The Kier molecular flexibility index (Phi) is 9.51. The number of amides is 2. The first-order valence-electron chi connectivity index (χ1n) is 13.2. The van der Waals surface area contributed by atoms with Crippen LogP contribution in [0.2, 0.25) is 5.02 Å². The molecule has 1 saturated carbocycles. The first-order valence-corrected chi connectivity index (χ1v) is 13.6. The Hall–Kier alpha value is -2.73. The highest BCUT2D eigenvalue weighted by molar-refractivity contribution is 6.30. The molecule has 194 valence electrons. The summed E-state index contributed by atoms with van der Waals surface area (Å²) in [5.74, 6) is 1.13. The first kappa shape index (κ1) is 26.3. The fourth-order valence-electron chi connectivity index (χ4n) is 5.21. The molecule has 1 heterocycles. The van der Waals surface area contributed by atoms with Gasteiger partial charge < -0.3 is 19.3 Å². The van der Waals surface area contributed by atoms with Crippen LogP contribution in [0.15, 0.2) is 48.5 Å². The Morgan fingerprint density at radius 3 is 2.56 bits per heavy atom. The number of hydrogen-bond donors (Lipinski definition) is 0. The summed E-state index contributed by atoms with van der Waals surface area (Å²) in [6.45, 7) is 1.37. The topological polar surface area (TPSA) is 59.1 Å². The van der Waals surface area contributed by atoms with Crippen molar-refractivity contribution in [3.8, 4) is 11.5 Å². The number of para-hydroxylation sites is 1. The van der Waals surface area contributed by atoms with Gasteiger partial charge in [-0.25, -0.2) is 0 Å². The van der Waals surface area contributed by atoms with E-state index in [2.05, 4.69) is 0 Å². The maximum atomic E-state index is 13.5. The van der Waals surface area contributed by atoms with Crippen LogP contribution in [0.1, 0.15) is 68.1 Å². The Morgan fingerprint density at radius 1 is 0.972 bits per heavy atom. The third-order valence-electron chi connectivity index (χ3n) is 7.18. The molecule has 36 heavy (non-hydrogen) atoms. The SMILES string of the molecule is CN1CCCCCCCN(C(=O)COc2cccc(Cl)c2)[C@@H]2CCCC[C@@H]2Oc2ccccc2C1=O. The molecule has 2 amide bonds. The summed E-state index contributed by atoms with van der Waals surface area (Å²) < 4.78 is 12.4. The van der Waals surface area contributed by atoms with Crippen molar-refractivity contribution in [1.82, 2.24) is 9.80 Å². The van der Waals surface area contributed by atoms with Crippen LogP contribution in [0.25, 0.3) is 0 Å². The minimum absolute atomic E-state index is 0.0179. The Morgan fingerprint density at radius 2 is 1.72 bits per heavy atom. The zero-order valence-corrected chi connectivity index (χ0v) is 21.9. The van der Waals surface area contributed by atoms with Crippen molar-refractivity contribution in [2.45, 2.75) is 69.9 Å². The number of rotatable bonds is 3. The fourth-order valence-corrected chi connectivity index (χ4v) is 5.39. The van der Waals surface area contributed by atoms with Crippen molar-refractivity contribution >= 4 is 23.4 Å². The molecule has 1 aliphatic carbocycles. The van der Waals surface area contributed by atoms with E-state index in [1.807, 2.05) is 48.3 Å². The van der Waals surface area contributed by atoms with Gasteiger partial charge in [0, 0.05) is 25.2 Å². The van der Waals surface area contributed by atoms with E-state index in [9.17, 15) is 9.59 Å². The van der Waals surface area contributed by atoms with E-state index in [1.54, 1.807) is 17.0 Å². The van der Waals surface area contributed by atoms with Crippen molar-refractivity contribution in [1.29, 1.82) is 0 Å². The number of carbonyl (C=O) groups is 2. The highest BCUT2D eigenvalue weighted by Crippen LogP contribution is 2.30. The molecule has 0 saturated heterocycles. The zero-order valence-electron chi connectivity index (χ0n) is 21.2. The van der Waals surface area contributed by atoms with Gasteiger partial charge in [-0.3, -0.25) is 9.59 Å². The number of ether oxygens (including phenoxy) is 2. The van der Waals surface area contributed by atoms with Gasteiger partial charge in [0.15, 0.2) is 6.61 Å². The number of halogens is 1. The van der Waals surface area contributed by atoms with Crippen LogP contribution >= 0.6 is 11.6 Å². The molecule has 0 N–H and O–H groups in total. The summed E-state index contributed by atoms with van der Waals surface area (Å²) in [6, 6.07) is 14.6. The Bertz CT molecular complexity index is 1030. The number of hydrogen-bond acceptors (Lipinski definition) is 4. The van der Waals surface area contributed by atoms with E-state index in [4.69, 9.17) is 21.1 Å². The largest absolute Gasteiger partial charge is 0.487 e. The molecule has 0 spiro atoms. The van der Waals surface area contributed by atoms with Crippen LogP contribution in [0.5, 0.6) is 11.5 Å². The lowest BCUT2D eigenvalue weighted by Gasteiger charge is -2.40. The molecule has 1 aliphatic heterocycles. The van der Waals surface area contributed by atoms with Crippen molar-refractivity contribution in [3.63, 3.8) is 0 Å². The maximum absolute atomic E-state index is 13.5. The minimum atomic E-state index is -0.168. The molecule has 2 atom stereocenters. The van der Waals surface area contributed by atoms with Gasteiger partial charge in [0.1, 0.15) is 17.6 Å². The van der Waals surface area contributed by atoms with E-state index < -0.39 is 0 Å². The molecule has 0 aromatic heterocycles. The highest BCUT2D eigenvalue weighted by Gasteiger charge is 2.35. The normalized spacial score (nSPS) is 21.9. The standard InChI is InChI=1S/C29H37ClN2O4/c1-31-18-9-3-2-4-10-19-32(28(33)21-35-23-13-11-12-22(30)20-23)25-15-6-8-17-27(25)36-26-16-7-5-14-24(26)29(31)34/h5,7,11-14,16,20,25,27H,2-4,6,8-10,15,17-19,21H2,1H3/t25-,27+/m1/s1. The smallest absolute Gasteiger partial charge is 0.260 e. The quantitative estimate of drug-likeness (QED) is 0.508. The molecule has 1 fully saturated rings. The third kappa shape index (κ3) is 6.94. The lowest BCUT2D eigenvalue weighted by molar-refractivity contribution is -0.139. The molecule has 0 bridgehead atoms. The predicted octanol–water partition coefficient (Wildman–Crippen LogP) is 5.97. The second kappa shape index (κ2) is 13.0. The van der Waals surface area contributed by atoms with E-state index in [-0.39, 0.29) is 30.6 Å². The predicted molar refractivity (Wildman–Crippen MR) is 142 cm³/mol. The maximum Gasteiger partial charge on any atom is 0.260 e. The van der Waals surface area contributed by atoms with Gasteiger partial charge in [-0.2, -0.15) is 0 Å². The van der Waals surface area contributed by atoms with Crippen molar-refractivity contribution in [3.05, 3.63) is 59.1 Å². The number of fused-ring (bicyclic) bond motifs is 2. The van der Waals surface area contributed by atoms with E-state index in [1.165, 1.54) is 0 Å². The van der Waals surface area contributed by atoms with Crippen LogP contribution in [-0.4, -0.2) is 60.5 Å². The summed E-state index contributed by atoms with van der Waals surface area (Å²) in [5.41, 5.74) is 0.585. The molecule has 0 unspecified atom stereocenters. The number of benzene rings is 2. The average molecular weight is 513 g/mol. The lowest BCUT2D eigenvalue weighted by Crippen LogP contribution is -2.52. The van der Waals surface area contributed by atoms with E-state index >= 15 is 0 Å². The molecule has 7 heteroatoms. The van der Waals surface area contributed by atoms with Gasteiger partial charge in [0.25, 0.3) is 11.8 Å². The number of nitrogens with zero attached hydrogens (tertiary/aromatic N) is 2. The summed E-state index contributed by atoms with van der Waals surface area (Å²) in [6.07, 6.45) is 8.76. The molecule has 2 aromatic carbocycles. The molecule has 2 aromatic rings. The highest BCUT2D eigenvalue weighted by atomic mass is 35.5.